The third-order valence-corrected chi connectivity index (χ3v) is 8.81. The van der Waals surface area contributed by atoms with E-state index in [1.807, 2.05) is 0 Å². The van der Waals surface area contributed by atoms with Gasteiger partial charge < -0.3 is 14.7 Å². The van der Waals surface area contributed by atoms with Gasteiger partial charge in [0.25, 0.3) is 0 Å². The number of carbonyl (C=O) groups is 1. The molecule has 1 N–H and O–H groups in total. The number of unbranched alkanes of at least 4 members (excludes halogenated alkanes) is 13. The maximum atomic E-state index is 11.0. The van der Waals surface area contributed by atoms with Gasteiger partial charge in [-0.2, -0.15) is 0 Å². The molecule has 2 rings (SSSR count). The van der Waals surface area contributed by atoms with Gasteiger partial charge in [0.1, 0.15) is 5.75 Å². The molecule has 4 heteroatoms. The minimum Gasteiger partial charge on any atom is -0.481 e. The van der Waals surface area contributed by atoms with Gasteiger partial charge in [-0.25, -0.2) is 4.79 Å². The zero-order valence-corrected chi connectivity index (χ0v) is 24.4. The molecule has 1 aliphatic heterocycles. The lowest BCUT2D eigenvalue weighted by Crippen LogP contribution is -2.48. The van der Waals surface area contributed by atoms with Crippen molar-refractivity contribution >= 4 is 11.7 Å². The molecule has 0 radical (unpaired) electrons. The van der Waals surface area contributed by atoms with E-state index in [-0.39, 0.29) is 12.1 Å². The van der Waals surface area contributed by atoms with Crippen LogP contribution in [0.1, 0.15) is 139 Å². The van der Waals surface area contributed by atoms with Crippen LogP contribution >= 0.6 is 0 Å². The van der Waals surface area contributed by atoms with Crippen LogP contribution in [-0.4, -0.2) is 30.3 Å². The zero-order chi connectivity index (χ0) is 26.6. The van der Waals surface area contributed by atoms with E-state index in [2.05, 4.69) is 46.6 Å². The summed E-state index contributed by atoms with van der Waals surface area (Å²) in [6.45, 7) is 10.7. The number of nitrogens with zero attached hydrogens (tertiary/aromatic N) is 1. The van der Waals surface area contributed by atoms with Crippen molar-refractivity contribution < 1.29 is 14.6 Å². The van der Waals surface area contributed by atoms with Crippen molar-refractivity contribution in [2.45, 2.75) is 149 Å². The molecule has 36 heavy (non-hydrogen) atoms. The first-order chi connectivity index (χ1) is 17.2. The Morgan fingerprint density at radius 2 is 1.33 bits per heavy atom. The maximum absolute atomic E-state index is 11.0. The standard InChI is InChI=1S/C32H55NO3/c1-7-8-9-10-11-12-13-14-15-16-17-18-19-20-22-32(5)23-21-28-27(4)31(36-24-29(34)35)26(3)25(2)30(28)33(32)6/h7-24H2,1-6H3,(H,34,35). The molecule has 0 bridgehead atoms. The average Bonchev–Trinajstić information content (AvgIpc) is 2.84. The van der Waals surface area contributed by atoms with Crippen molar-refractivity contribution in [3.8, 4) is 5.75 Å². The van der Waals surface area contributed by atoms with Crippen LogP contribution in [0, 0.1) is 20.8 Å². The van der Waals surface area contributed by atoms with Crippen LogP contribution in [0.5, 0.6) is 5.75 Å². The molecule has 1 heterocycles. The minimum absolute atomic E-state index is 0.178. The average molecular weight is 502 g/mol. The van der Waals surface area contributed by atoms with E-state index < -0.39 is 5.97 Å². The number of anilines is 1. The molecule has 1 aromatic carbocycles. The van der Waals surface area contributed by atoms with E-state index >= 15 is 0 Å². The zero-order valence-electron chi connectivity index (χ0n) is 24.4. The highest BCUT2D eigenvalue weighted by molar-refractivity contribution is 5.72. The molecule has 0 saturated carbocycles. The van der Waals surface area contributed by atoms with Gasteiger partial charge in [0.05, 0.1) is 0 Å². The Balaban J connectivity index is 1.74. The largest absolute Gasteiger partial charge is 0.481 e. The van der Waals surface area contributed by atoms with E-state index in [1.54, 1.807) is 0 Å². The van der Waals surface area contributed by atoms with Gasteiger partial charge >= 0.3 is 5.97 Å². The van der Waals surface area contributed by atoms with Crippen molar-refractivity contribution in [3.63, 3.8) is 0 Å². The van der Waals surface area contributed by atoms with E-state index in [1.165, 1.54) is 113 Å². The summed E-state index contributed by atoms with van der Waals surface area (Å²) in [5.74, 6) is -0.167. The Labute approximate surface area is 222 Å². The minimum atomic E-state index is -0.929. The molecule has 1 unspecified atom stereocenters. The summed E-state index contributed by atoms with van der Waals surface area (Å²) in [7, 11) is 2.26. The first-order valence-electron chi connectivity index (χ1n) is 14.9. The predicted octanol–water partition coefficient (Wildman–Crippen LogP) is 9.09. The third-order valence-electron chi connectivity index (χ3n) is 8.81. The van der Waals surface area contributed by atoms with Gasteiger partial charge in [-0.3, -0.25) is 0 Å². The summed E-state index contributed by atoms with van der Waals surface area (Å²) in [5, 5.41) is 9.07. The molecule has 1 atom stereocenters. The Hall–Kier alpha value is -1.71. The van der Waals surface area contributed by atoms with Gasteiger partial charge in [0.2, 0.25) is 0 Å². The van der Waals surface area contributed by atoms with E-state index in [0.29, 0.717) is 0 Å². The normalized spacial score (nSPS) is 17.3. The molecule has 1 aliphatic rings. The molecular formula is C32H55NO3. The first kappa shape index (κ1) is 30.5. The van der Waals surface area contributed by atoms with Crippen LogP contribution in [0.4, 0.5) is 5.69 Å². The molecule has 0 saturated heterocycles. The predicted molar refractivity (Wildman–Crippen MR) is 154 cm³/mol. The number of hydrogen-bond donors (Lipinski definition) is 1. The Morgan fingerprint density at radius 3 is 1.83 bits per heavy atom. The first-order valence-corrected chi connectivity index (χ1v) is 14.9. The molecular weight excluding hydrogens is 446 g/mol. The molecule has 0 amide bonds. The molecule has 0 fully saturated rings. The van der Waals surface area contributed by atoms with Crippen LogP contribution in [0.25, 0.3) is 0 Å². The number of carboxylic acid groups (broad SMARTS) is 1. The Bertz CT molecular complexity index is 818. The van der Waals surface area contributed by atoms with Crippen LogP contribution in [0.15, 0.2) is 0 Å². The molecule has 206 valence electrons. The van der Waals surface area contributed by atoms with Crippen molar-refractivity contribution in [2.75, 3.05) is 18.6 Å². The highest BCUT2D eigenvalue weighted by Gasteiger charge is 2.36. The van der Waals surface area contributed by atoms with Gasteiger partial charge in [-0.05, 0) is 69.2 Å². The number of carboxylic acids is 1. The second kappa shape index (κ2) is 15.5. The van der Waals surface area contributed by atoms with Gasteiger partial charge in [0, 0.05) is 18.3 Å². The summed E-state index contributed by atoms with van der Waals surface area (Å²) in [4.78, 5) is 13.6. The number of aliphatic carboxylic acids is 1. The second-order valence-corrected chi connectivity index (χ2v) is 11.6. The maximum Gasteiger partial charge on any atom is 0.341 e. The monoisotopic (exact) mass is 501 g/mol. The number of ether oxygens (including phenoxy) is 1. The van der Waals surface area contributed by atoms with Gasteiger partial charge in [0.15, 0.2) is 6.61 Å². The smallest absolute Gasteiger partial charge is 0.341 e. The fraction of sp³-hybridized carbons (Fsp3) is 0.781. The Morgan fingerprint density at radius 1 is 0.833 bits per heavy atom. The van der Waals surface area contributed by atoms with Crippen LogP contribution in [0.2, 0.25) is 0 Å². The van der Waals surface area contributed by atoms with Gasteiger partial charge in [-0.1, -0.05) is 96.8 Å². The van der Waals surface area contributed by atoms with Crippen molar-refractivity contribution in [2.24, 2.45) is 0 Å². The van der Waals surface area contributed by atoms with Gasteiger partial charge in [-0.15, -0.1) is 0 Å². The lowest BCUT2D eigenvalue weighted by Gasteiger charge is -2.47. The quantitative estimate of drug-likeness (QED) is 0.204. The number of hydrogen-bond acceptors (Lipinski definition) is 3. The Kier molecular flexibility index (Phi) is 13.2. The van der Waals surface area contributed by atoms with Crippen LogP contribution < -0.4 is 9.64 Å². The summed E-state index contributed by atoms with van der Waals surface area (Å²) in [6.07, 6.45) is 23.0. The SMILES string of the molecule is CCCCCCCCCCCCCCCCC1(C)CCc2c(C)c(OCC(=O)O)c(C)c(C)c2N1C. The molecule has 0 spiro atoms. The van der Waals surface area contributed by atoms with E-state index in [0.717, 1.165) is 29.7 Å². The number of benzene rings is 1. The highest BCUT2D eigenvalue weighted by atomic mass is 16.5. The lowest BCUT2D eigenvalue weighted by atomic mass is 9.79. The summed E-state index contributed by atoms with van der Waals surface area (Å²) >= 11 is 0. The number of rotatable bonds is 18. The third kappa shape index (κ3) is 8.70. The fourth-order valence-corrected chi connectivity index (χ4v) is 6.11. The number of fused-ring (bicyclic) bond motifs is 1. The van der Waals surface area contributed by atoms with Crippen LogP contribution in [-0.2, 0) is 11.2 Å². The lowest BCUT2D eigenvalue weighted by molar-refractivity contribution is -0.139. The van der Waals surface area contributed by atoms with Crippen molar-refractivity contribution in [3.05, 3.63) is 22.3 Å². The summed E-state index contributed by atoms with van der Waals surface area (Å²) in [5.41, 5.74) is 6.26. The topological polar surface area (TPSA) is 49.8 Å². The second-order valence-electron chi connectivity index (χ2n) is 11.6. The van der Waals surface area contributed by atoms with E-state index in [9.17, 15) is 4.79 Å². The van der Waals surface area contributed by atoms with Crippen molar-refractivity contribution in [1.29, 1.82) is 0 Å². The summed E-state index contributed by atoms with van der Waals surface area (Å²) in [6, 6.07) is 0. The van der Waals surface area contributed by atoms with E-state index in [4.69, 9.17) is 9.84 Å². The fourth-order valence-electron chi connectivity index (χ4n) is 6.11. The molecule has 0 aliphatic carbocycles. The molecule has 4 nitrogen and oxygen atoms in total. The highest BCUT2D eigenvalue weighted by Crippen LogP contribution is 2.46. The molecule has 1 aromatic rings. The van der Waals surface area contributed by atoms with Crippen LogP contribution in [0.3, 0.4) is 0 Å². The van der Waals surface area contributed by atoms with Crippen molar-refractivity contribution in [1.82, 2.24) is 0 Å². The molecule has 0 aromatic heterocycles. The summed E-state index contributed by atoms with van der Waals surface area (Å²) < 4.78 is 5.70.